The minimum absolute atomic E-state index is 0.0841. The normalized spacial score (nSPS) is 15.8. The van der Waals surface area contributed by atoms with E-state index >= 15 is 0 Å². The van der Waals surface area contributed by atoms with Crippen LogP contribution in [-0.4, -0.2) is 43.2 Å². The van der Waals surface area contributed by atoms with Gasteiger partial charge in [-0.05, 0) is 49.6 Å². The van der Waals surface area contributed by atoms with E-state index in [1.165, 1.54) is 4.31 Å². The van der Waals surface area contributed by atoms with Crippen LogP contribution in [0.25, 0.3) is 10.2 Å². The maximum atomic E-state index is 13.4. The van der Waals surface area contributed by atoms with Crippen molar-refractivity contribution in [1.29, 1.82) is 0 Å². The van der Waals surface area contributed by atoms with Crippen LogP contribution in [0.15, 0.2) is 47.4 Å². The second kappa shape index (κ2) is 9.60. The number of thiazole rings is 1. The molecular weight excluding hydrogens is 456 g/mol. The Bertz CT molecular complexity index is 1190. The zero-order valence-corrected chi connectivity index (χ0v) is 18.9. The van der Waals surface area contributed by atoms with Crippen LogP contribution in [0.4, 0.5) is 8.78 Å². The van der Waals surface area contributed by atoms with Crippen molar-refractivity contribution in [2.45, 2.75) is 30.6 Å². The van der Waals surface area contributed by atoms with E-state index < -0.39 is 21.7 Å². The number of sulfonamides is 1. The largest absolute Gasteiger partial charge is 0.356 e. The molecule has 1 N–H and O–H groups in total. The highest BCUT2D eigenvalue weighted by atomic mass is 32.2. The average molecular weight is 480 g/mol. The van der Waals surface area contributed by atoms with Gasteiger partial charge in [0.25, 0.3) is 0 Å². The first-order valence-electron chi connectivity index (χ1n) is 10.4. The van der Waals surface area contributed by atoms with Gasteiger partial charge in [0.1, 0.15) is 0 Å². The Morgan fingerprint density at radius 3 is 2.59 bits per heavy atom. The lowest BCUT2D eigenvalue weighted by molar-refractivity contribution is -0.126. The minimum Gasteiger partial charge on any atom is -0.356 e. The lowest BCUT2D eigenvalue weighted by atomic mass is 9.97. The number of aromatic nitrogens is 1. The Morgan fingerprint density at radius 2 is 1.88 bits per heavy atom. The topological polar surface area (TPSA) is 79.4 Å². The van der Waals surface area contributed by atoms with Crippen LogP contribution in [0.3, 0.4) is 0 Å². The molecule has 0 spiro atoms. The van der Waals surface area contributed by atoms with Crippen molar-refractivity contribution in [2.24, 2.45) is 5.92 Å². The number of benzene rings is 2. The molecule has 1 aliphatic heterocycles. The summed E-state index contributed by atoms with van der Waals surface area (Å²) in [6, 6.07) is 10.5. The molecule has 0 atom stereocenters. The van der Waals surface area contributed by atoms with Crippen LogP contribution in [-0.2, 0) is 21.2 Å². The number of carbonyl (C=O) groups excluding carboxylic acids is 1. The van der Waals surface area contributed by atoms with Gasteiger partial charge in [0, 0.05) is 32.0 Å². The summed E-state index contributed by atoms with van der Waals surface area (Å²) in [6.07, 6.45) is 2.32. The molecular formula is C22H23F2N3O3S2. The first kappa shape index (κ1) is 22.8. The number of para-hydroxylation sites is 1. The van der Waals surface area contributed by atoms with Crippen molar-refractivity contribution >= 4 is 37.5 Å². The van der Waals surface area contributed by atoms with Gasteiger partial charge < -0.3 is 5.32 Å². The number of hydrogen-bond acceptors (Lipinski definition) is 5. The second-order valence-corrected chi connectivity index (χ2v) is 10.8. The fourth-order valence-corrected chi connectivity index (χ4v) is 6.26. The predicted molar refractivity (Wildman–Crippen MR) is 119 cm³/mol. The molecule has 1 fully saturated rings. The predicted octanol–water partition coefficient (Wildman–Crippen LogP) is 3.72. The van der Waals surface area contributed by atoms with Crippen molar-refractivity contribution in [1.82, 2.24) is 14.6 Å². The van der Waals surface area contributed by atoms with Crippen LogP contribution in [0, 0.1) is 17.6 Å². The van der Waals surface area contributed by atoms with Crippen molar-refractivity contribution in [3.05, 3.63) is 59.1 Å². The highest BCUT2D eigenvalue weighted by Crippen LogP contribution is 2.25. The Labute approximate surface area is 189 Å². The molecule has 0 unspecified atom stereocenters. The monoisotopic (exact) mass is 479 g/mol. The van der Waals surface area contributed by atoms with Crippen molar-refractivity contribution in [2.75, 3.05) is 19.6 Å². The SMILES string of the molecule is O=C(NCCCc1nc2ccccc2s1)C1CCN(S(=O)(=O)c2ccc(F)c(F)c2)CC1. The van der Waals surface area contributed by atoms with Gasteiger partial charge in [-0.25, -0.2) is 22.2 Å². The molecule has 2 aromatic carbocycles. The van der Waals surface area contributed by atoms with E-state index in [0.29, 0.717) is 25.5 Å². The minimum atomic E-state index is -3.92. The van der Waals surface area contributed by atoms with Crippen LogP contribution >= 0.6 is 11.3 Å². The lowest BCUT2D eigenvalue weighted by Gasteiger charge is -2.30. The zero-order valence-electron chi connectivity index (χ0n) is 17.3. The third kappa shape index (κ3) is 4.97. The Kier molecular flexibility index (Phi) is 6.82. The van der Waals surface area contributed by atoms with E-state index in [-0.39, 0.29) is 29.8 Å². The van der Waals surface area contributed by atoms with Crippen LogP contribution < -0.4 is 5.32 Å². The van der Waals surface area contributed by atoms with Gasteiger partial charge in [0.15, 0.2) is 11.6 Å². The maximum Gasteiger partial charge on any atom is 0.243 e. The quantitative estimate of drug-likeness (QED) is 0.524. The molecule has 32 heavy (non-hydrogen) atoms. The molecule has 0 aliphatic carbocycles. The summed E-state index contributed by atoms with van der Waals surface area (Å²) in [5, 5.41) is 3.97. The van der Waals surface area contributed by atoms with Gasteiger partial charge in [0.2, 0.25) is 15.9 Å². The van der Waals surface area contributed by atoms with Gasteiger partial charge in [0.05, 0.1) is 20.1 Å². The molecule has 170 valence electrons. The fraction of sp³-hybridized carbons (Fsp3) is 0.364. The number of fused-ring (bicyclic) bond motifs is 1. The number of carbonyl (C=O) groups is 1. The molecule has 3 aromatic rings. The summed E-state index contributed by atoms with van der Waals surface area (Å²) >= 11 is 1.66. The van der Waals surface area contributed by atoms with Crippen LogP contribution in [0.1, 0.15) is 24.3 Å². The molecule has 1 saturated heterocycles. The number of aryl methyl sites for hydroxylation is 1. The summed E-state index contributed by atoms with van der Waals surface area (Å²) < 4.78 is 54.3. The number of hydrogen-bond donors (Lipinski definition) is 1. The van der Waals surface area contributed by atoms with Gasteiger partial charge in [-0.3, -0.25) is 4.79 Å². The van der Waals surface area contributed by atoms with E-state index in [2.05, 4.69) is 10.3 Å². The number of piperidine rings is 1. The van der Waals surface area contributed by atoms with Gasteiger partial charge in [-0.1, -0.05) is 12.1 Å². The van der Waals surface area contributed by atoms with Gasteiger partial charge in [-0.2, -0.15) is 4.31 Å². The molecule has 0 saturated carbocycles. The third-order valence-electron chi connectivity index (χ3n) is 5.56. The van der Waals surface area contributed by atoms with E-state index in [4.69, 9.17) is 0 Å². The number of nitrogens with zero attached hydrogens (tertiary/aromatic N) is 2. The smallest absolute Gasteiger partial charge is 0.243 e. The number of amides is 1. The first-order chi connectivity index (χ1) is 15.3. The summed E-state index contributed by atoms with van der Waals surface area (Å²) in [4.78, 5) is 16.8. The standard InChI is InChI=1S/C22H23F2N3O3S2/c23-17-8-7-16(14-18(17)24)32(29,30)27-12-9-15(10-13-27)22(28)25-11-3-6-21-26-19-4-1-2-5-20(19)31-21/h1-2,4-5,7-8,14-15H,3,6,9-13H2,(H,25,28). The Morgan fingerprint density at radius 1 is 1.12 bits per heavy atom. The summed E-state index contributed by atoms with van der Waals surface area (Å²) in [5.74, 6) is -2.65. The molecule has 6 nitrogen and oxygen atoms in total. The number of halogens is 2. The Hall–Kier alpha value is -2.43. The number of rotatable bonds is 7. The lowest BCUT2D eigenvalue weighted by Crippen LogP contribution is -2.43. The summed E-state index contributed by atoms with van der Waals surface area (Å²) in [7, 11) is -3.92. The van der Waals surface area contributed by atoms with Crippen molar-refractivity contribution in [3.63, 3.8) is 0 Å². The molecule has 4 rings (SSSR count). The molecule has 0 radical (unpaired) electrons. The third-order valence-corrected chi connectivity index (χ3v) is 8.55. The van der Waals surface area contributed by atoms with Crippen molar-refractivity contribution < 1.29 is 22.0 Å². The van der Waals surface area contributed by atoms with E-state index in [1.54, 1.807) is 11.3 Å². The van der Waals surface area contributed by atoms with Crippen LogP contribution in [0.5, 0.6) is 0 Å². The summed E-state index contributed by atoms with van der Waals surface area (Å²) in [6.45, 7) is 0.846. The number of nitrogens with one attached hydrogen (secondary N) is 1. The van der Waals surface area contributed by atoms with E-state index in [1.807, 2.05) is 24.3 Å². The molecule has 1 aromatic heterocycles. The summed E-state index contributed by atoms with van der Waals surface area (Å²) in [5.41, 5.74) is 0.988. The molecule has 1 aliphatic rings. The molecule has 0 bridgehead atoms. The second-order valence-electron chi connectivity index (χ2n) is 7.72. The van der Waals surface area contributed by atoms with Gasteiger partial charge in [-0.15, -0.1) is 11.3 Å². The molecule has 10 heteroatoms. The Balaban J connectivity index is 1.23. The van der Waals surface area contributed by atoms with E-state index in [0.717, 1.165) is 40.2 Å². The van der Waals surface area contributed by atoms with Crippen LogP contribution in [0.2, 0.25) is 0 Å². The average Bonchev–Trinajstić information content (AvgIpc) is 3.21. The van der Waals surface area contributed by atoms with E-state index in [9.17, 15) is 22.0 Å². The van der Waals surface area contributed by atoms with Crippen molar-refractivity contribution in [3.8, 4) is 0 Å². The maximum absolute atomic E-state index is 13.4. The molecule has 1 amide bonds. The fourth-order valence-electron chi connectivity index (χ4n) is 3.77. The highest BCUT2D eigenvalue weighted by Gasteiger charge is 2.32. The molecule has 2 heterocycles. The highest BCUT2D eigenvalue weighted by molar-refractivity contribution is 7.89. The zero-order chi connectivity index (χ0) is 22.7. The first-order valence-corrected chi connectivity index (χ1v) is 12.7. The van der Waals surface area contributed by atoms with Gasteiger partial charge >= 0.3 is 0 Å².